The van der Waals surface area contributed by atoms with Crippen molar-refractivity contribution in [3.8, 4) is 23.3 Å². The van der Waals surface area contributed by atoms with Gasteiger partial charge in [-0.3, -0.25) is 9.78 Å². The lowest BCUT2D eigenvalue weighted by molar-refractivity contribution is -0.111. The molecular formula is C38H36ClN5O4. The lowest BCUT2D eigenvalue weighted by Gasteiger charge is -2.16. The molecule has 2 N–H and O–H groups in total. The third-order valence-electron chi connectivity index (χ3n) is 7.15. The molecule has 48 heavy (non-hydrogen) atoms. The predicted octanol–water partition coefficient (Wildman–Crippen LogP) is 8.12. The molecule has 0 saturated heterocycles. The molecule has 0 aliphatic carbocycles. The van der Waals surface area contributed by atoms with Gasteiger partial charge in [-0.1, -0.05) is 60.1 Å². The van der Waals surface area contributed by atoms with E-state index in [-0.39, 0.29) is 5.91 Å². The predicted molar refractivity (Wildman–Crippen MR) is 190 cm³/mol. The standard InChI is InChI=1S/C38H36ClN5O4/c1-4-46-36-21-33-31(20-34(36)43-37(45)11-8-18-44(2)3)38(28(22-40)23-41-33)42-29-14-17-35(32(39)19-29)48-25-27-12-15-30(16-13-27)47-24-26-9-6-5-7-10-26/h5-17,19-21,23H,4,18,24-25H2,1-3H3,(H,41,42)(H,43,45)/b11-8+. The van der Waals surface area contributed by atoms with Crippen LogP contribution in [0.1, 0.15) is 23.6 Å². The van der Waals surface area contributed by atoms with Crippen molar-refractivity contribution in [2.24, 2.45) is 0 Å². The number of likely N-dealkylation sites (N-methyl/N-ethyl adjacent to an activating group) is 1. The summed E-state index contributed by atoms with van der Waals surface area (Å²) >= 11 is 6.64. The van der Waals surface area contributed by atoms with Gasteiger partial charge in [0.1, 0.15) is 36.5 Å². The van der Waals surface area contributed by atoms with Gasteiger partial charge in [0.05, 0.1) is 34.1 Å². The number of amides is 1. The van der Waals surface area contributed by atoms with Gasteiger partial charge >= 0.3 is 0 Å². The van der Waals surface area contributed by atoms with E-state index in [1.165, 1.54) is 12.3 Å². The SMILES string of the molecule is CCOc1cc2ncc(C#N)c(Nc3ccc(OCc4ccc(OCc5ccccc5)cc4)c(Cl)c3)c2cc1NC(=O)/C=C/CN(C)C. The van der Waals surface area contributed by atoms with Crippen molar-refractivity contribution < 1.29 is 19.0 Å². The number of nitrogens with zero attached hydrogens (tertiary/aromatic N) is 3. The Morgan fingerprint density at radius 1 is 0.938 bits per heavy atom. The number of carbonyl (C=O) groups is 1. The first kappa shape index (κ1) is 33.8. The number of hydrogen-bond donors (Lipinski definition) is 2. The third-order valence-corrected chi connectivity index (χ3v) is 7.45. The van der Waals surface area contributed by atoms with Gasteiger partial charge in [-0.15, -0.1) is 0 Å². The van der Waals surface area contributed by atoms with Crippen LogP contribution < -0.4 is 24.8 Å². The normalized spacial score (nSPS) is 11.0. The highest BCUT2D eigenvalue weighted by Gasteiger charge is 2.16. The second-order valence-electron chi connectivity index (χ2n) is 11.1. The summed E-state index contributed by atoms with van der Waals surface area (Å²) in [5.74, 6) is 1.46. The van der Waals surface area contributed by atoms with Crippen LogP contribution >= 0.6 is 11.6 Å². The first-order chi connectivity index (χ1) is 23.3. The first-order valence-electron chi connectivity index (χ1n) is 15.4. The molecule has 0 saturated carbocycles. The number of benzene rings is 4. The van der Waals surface area contributed by atoms with Gasteiger partial charge in [0.15, 0.2) is 0 Å². The summed E-state index contributed by atoms with van der Waals surface area (Å²) in [4.78, 5) is 19.1. The molecule has 0 unspecified atom stereocenters. The summed E-state index contributed by atoms with van der Waals surface area (Å²) in [5, 5.41) is 17.2. The van der Waals surface area contributed by atoms with E-state index < -0.39 is 0 Å². The number of pyridine rings is 1. The van der Waals surface area contributed by atoms with E-state index in [0.29, 0.717) is 76.4 Å². The van der Waals surface area contributed by atoms with E-state index in [2.05, 4.69) is 21.7 Å². The summed E-state index contributed by atoms with van der Waals surface area (Å²) in [6.07, 6.45) is 4.75. The molecule has 0 bridgehead atoms. The van der Waals surface area contributed by atoms with Crippen LogP contribution in [0.15, 0.2) is 103 Å². The molecule has 5 aromatic rings. The van der Waals surface area contributed by atoms with Crippen molar-refractivity contribution in [3.63, 3.8) is 0 Å². The Hall–Kier alpha value is -5.56. The zero-order valence-corrected chi connectivity index (χ0v) is 27.8. The molecule has 0 atom stereocenters. The van der Waals surface area contributed by atoms with Crippen molar-refractivity contribution in [2.45, 2.75) is 20.1 Å². The Labute approximate surface area is 285 Å². The highest BCUT2D eigenvalue weighted by Crippen LogP contribution is 2.37. The molecule has 5 rings (SSSR count). The molecule has 0 spiro atoms. The van der Waals surface area contributed by atoms with Gasteiger partial charge in [0.2, 0.25) is 5.91 Å². The van der Waals surface area contributed by atoms with Crippen molar-refractivity contribution >= 4 is 45.5 Å². The summed E-state index contributed by atoms with van der Waals surface area (Å²) in [5.41, 5.74) is 4.59. The van der Waals surface area contributed by atoms with Gasteiger partial charge in [0.25, 0.3) is 0 Å². The Balaban J connectivity index is 1.30. The van der Waals surface area contributed by atoms with E-state index in [1.807, 2.05) is 86.6 Å². The van der Waals surface area contributed by atoms with Crippen LogP contribution in [0, 0.1) is 11.3 Å². The molecule has 4 aromatic carbocycles. The van der Waals surface area contributed by atoms with Gasteiger partial charge in [0, 0.05) is 36.0 Å². The van der Waals surface area contributed by atoms with Crippen molar-refractivity contribution in [1.29, 1.82) is 5.26 Å². The van der Waals surface area contributed by atoms with E-state index in [1.54, 1.807) is 30.3 Å². The first-order valence-corrected chi connectivity index (χ1v) is 15.8. The van der Waals surface area contributed by atoms with Crippen molar-refractivity contribution in [2.75, 3.05) is 37.9 Å². The molecule has 0 radical (unpaired) electrons. The number of hydrogen-bond acceptors (Lipinski definition) is 8. The fraction of sp³-hybridized carbons (Fsp3) is 0.184. The second-order valence-corrected chi connectivity index (χ2v) is 11.5. The highest BCUT2D eigenvalue weighted by atomic mass is 35.5. The van der Waals surface area contributed by atoms with E-state index >= 15 is 0 Å². The minimum atomic E-state index is -0.300. The molecule has 1 amide bonds. The Morgan fingerprint density at radius 3 is 2.40 bits per heavy atom. The van der Waals surface area contributed by atoms with Gasteiger partial charge in [-0.2, -0.15) is 5.26 Å². The largest absolute Gasteiger partial charge is 0.492 e. The number of anilines is 3. The summed E-state index contributed by atoms with van der Waals surface area (Å²) in [6, 6.07) is 28.8. The summed E-state index contributed by atoms with van der Waals surface area (Å²) < 4.78 is 17.7. The van der Waals surface area contributed by atoms with E-state index in [9.17, 15) is 10.1 Å². The molecule has 0 fully saturated rings. The fourth-order valence-corrected chi connectivity index (χ4v) is 5.02. The Kier molecular flexibility index (Phi) is 11.5. The minimum absolute atomic E-state index is 0.300. The van der Waals surface area contributed by atoms with Gasteiger partial charge in [-0.05, 0) is 68.5 Å². The van der Waals surface area contributed by atoms with Crippen molar-refractivity contribution in [3.05, 3.63) is 125 Å². The number of halogens is 1. The van der Waals surface area contributed by atoms with E-state index in [0.717, 1.165) is 16.9 Å². The maximum atomic E-state index is 12.7. The van der Waals surface area contributed by atoms with Crippen LogP contribution in [0.4, 0.5) is 17.1 Å². The zero-order chi connectivity index (χ0) is 33.9. The summed E-state index contributed by atoms with van der Waals surface area (Å²) in [6.45, 7) is 3.70. The average molecular weight is 662 g/mol. The second kappa shape index (κ2) is 16.3. The topological polar surface area (TPSA) is 109 Å². The van der Waals surface area contributed by atoms with Gasteiger partial charge < -0.3 is 29.7 Å². The zero-order valence-electron chi connectivity index (χ0n) is 27.0. The monoisotopic (exact) mass is 661 g/mol. The quantitative estimate of drug-likeness (QED) is 0.115. The molecular weight excluding hydrogens is 626 g/mol. The number of ether oxygens (including phenoxy) is 3. The number of aromatic nitrogens is 1. The molecule has 9 nitrogen and oxygen atoms in total. The van der Waals surface area contributed by atoms with Crippen LogP contribution in [0.3, 0.4) is 0 Å². The van der Waals surface area contributed by atoms with Crippen LogP contribution in [0.25, 0.3) is 10.9 Å². The smallest absolute Gasteiger partial charge is 0.248 e. The maximum Gasteiger partial charge on any atom is 0.248 e. The van der Waals surface area contributed by atoms with Gasteiger partial charge in [-0.25, -0.2) is 0 Å². The Morgan fingerprint density at radius 2 is 1.69 bits per heavy atom. The lowest BCUT2D eigenvalue weighted by atomic mass is 10.1. The van der Waals surface area contributed by atoms with Crippen LogP contribution in [0.2, 0.25) is 5.02 Å². The van der Waals surface area contributed by atoms with Crippen molar-refractivity contribution in [1.82, 2.24) is 9.88 Å². The van der Waals surface area contributed by atoms with E-state index in [4.69, 9.17) is 25.8 Å². The third kappa shape index (κ3) is 9.04. The van der Waals surface area contributed by atoms with Crippen LogP contribution in [0.5, 0.6) is 17.2 Å². The number of carbonyl (C=O) groups excluding carboxylic acids is 1. The lowest BCUT2D eigenvalue weighted by Crippen LogP contribution is -2.13. The molecule has 1 heterocycles. The molecule has 0 aliphatic rings. The molecule has 0 aliphatic heterocycles. The molecule has 10 heteroatoms. The number of nitrogens with one attached hydrogen (secondary N) is 2. The van der Waals surface area contributed by atoms with Crippen LogP contribution in [-0.2, 0) is 18.0 Å². The summed E-state index contributed by atoms with van der Waals surface area (Å²) in [7, 11) is 3.84. The minimum Gasteiger partial charge on any atom is -0.492 e. The number of fused-ring (bicyclic) bond motifs is 1. The average Bonchev–Trinajstić information content (AvgIpc) is 3.08. The molecule has 1 aromatic heterocycles. The Bertz CT molecular complexity index is 1940. The highest BCUT2D eigenvalue weighted by molar-refractivity contribution is 6.32. The number of rotatable bonds is 14. The fourth-order valence-electron chi connectivity index (χ4n) is 4.78. The molecule has 244 valence electrons. The number of nitriles is 1. The maximum absolute atomic E-state index is 12.7. The van der Waals surface area contributed by atoms with Crippen LogP contribution in [-0.4, -0.2) is 43.0 Å².